The molecule has 21 heavy (non-hydrogen) atoms. The van der Waals surface area contributed by atoms with Crippen LogP contribution in [0.15, 0.2) is 54.6 Å². The van der Waals surface area contributed by atoms with Crippen LogP contribution in [0.1, 0.15) is 27.5 Å². The summed E-state index contributed by atoms with van der Waals surface area (Å²) in [4.78, 5) is 12.3. The zero-order valence-electron chi connectivity index (χ0n) is 11.8. The summed E-state index contributed by atoms with van der Waals surface area (Å²) in [6, 6.07) is 16.4. The second-order valence-corrected chi connectivity index (χ2v) is 4.86. The van der Waals surface area contributed by atoms with Gasteiger partial charge in [0.2, 0.25) is 0 Å². The number of amides is 1. The van der Waals surface area contributed by atoms with Crippen molar-refractivity contribution >= 4 is 5.91 Å². The van der Waals surface area contributed by atoms with Crippen molar-refractivity contribution < 1.29 is 9.90 Å². The van der Waals surface area contributed by atoms with Gasteiger partial charge in [0.25, 0.3) is 5.91 Å². The summed E-state index contributed by atoms with van der Waals surface area (Å²) in [5.41, 5.74) is 8.02. The Kier molecular flexibility index (Phi) is 5.49. The Hall–Kier alpha value is -2.17. The third-order valence-corrected chi connectivity index (χ3v) is 3.31. The third-order valence-electron chi connectivity index (χ3n) is 3.31. The van der Waals surface area contributed by atoms with Gasteiger partial charge < -0.3 is 16.2 Å². The molecular weight excluding hydrogens is 264 g/mol. The summed E-state index contributed by atoms with van der Waals surface area (Å²) in [7, 11) is 0. The van der Waals surface area contributed by atoms with Crippen LogP contribution in [0.2, 0.25) is 0 Å². The molecule has 0 aliphatic rings. The molecule has 0 heterocycles. The van der Waals surface area contributed by atoms with Gasteiger partial charge in [-0.1, -0.05) is 42.5 Å². The molecule has 0 saturated heterocycles. The highest BCUT2D eigenvalue weighted by Gasteiger charge is 2.14. The van der Waals surface area contributed by atoms with Crippen molar-refractivity contribution in [3.05, 3.63) is 71.3 Å². The number of carbonyl (C=O) groups is 1. The molecule has 0 bridgehead atoms. The quantitative estimate of drug-likeness (QED) is 0.755. The molecule has 2 aromatic carbocycles. The third kappa shape index (κ3) is 4.15. The van der Waals surface area contributed by atoms with Crippen molar-refractivity contribution in [1.82, 2.24) is 5.32 Å². The lowest BCUT2D eigenvalue weighted by Gasteiger charge is -2.17. The summed E-state index contributed by atoms with van der Waals surface area (Å²) in [5.74, 6) is -0.197. The maximum absolute atomic E-state index is 12.3. The van der Waals surface area contributed by atoms with Gasteiger partial charge in [-0.15, -0.1) is 0 Å². The number of hydrogen-bond acceptors (Lipinski definition) is 3. The summed E-state index contributed by atoms with van der Waals surface area (Å²) in [6.07, 6.45) is 0.739. The first kappa shape index (κ1) is 15.2. The van der Waals surface area contributed by atoms with Crippen LogP contribution < -0.4 is 11.1 Å². The summed E-state index contributed by atoms with van der Waals surface area (Å²) in [5, 5.41) is 12.3. The normalized spacial score (nSPS) is 11.9. The number of hydrogen-bond donors (Lipinski definition) is 3. The SMILES string of the molecule is NCCc1cccc(C(=O)N[C@H](CO)c2ccccc2)c1. The first-order valence-electron chi connectivity index (χ1n) is 7.00. The Labute approximate surface area is 124 Å². The first-order valence-corrected chi connectivity index (χ1v) is 7.00. The largest absolute Gasteiger partial charge is 0.394 e. The zero-order valence-corrected chi connectivity index (χ0v) is 11.8. The van der Waals surface area contributed by atoms with Gasteiger partial charge >= 0.3 is 0 Å². The molecule has 0 spiro atoms. The van der Waals surface area contributed by atoms with E-state index in [-0.39, 0.29) is 12.5 Å². The predicted molar refractivity (Wildman–Crippen MR) is 82.9 cm³/mol. The fraction of sp³-hybridized carbons (Fsp3) is 0.235. The minimum Gasteiger partial charge on any atom is -0.394 e. The lowest BCUT2D eigenvalue weighted by atomic mass is 10.1. The van der Waals surface area contributed by atoms with Gasteiger partial charge in [-0.2, -0.15) is 0 Å². The van der Waals surface area contributed by atoms with Gasteiger partial charge in [0, 0.05) is 5.56 Å². The highest BCUT2D eigenvalue weighted by Crippen LogP contribution is 2.13. The minimum absolute atomic E-state index is 0.141. The topological polar surface area (TPSA) is 75.4 Å². The van der Waals surface area contributed by atoms with Crippen LogP contribution in [0.5, 0.6) is 0 Å². The Morgan fingerprint density at radius 3 is 2.57 bits per heavy atom. The molecule has 1 amide bonds. The minimum atomic E-state index is -0.406. The molecule has 0 aliphatic carbocycles. The average molecular weight is 284 g/mol. The lowest BCUT2D eigenvalue weighted by Crippen LogP contribution is -2.30. The molecule has 0 unspecified atom stereocenters. The first-order chi connectivity index (χ1) is 10.2. The highest BCUT2D eigenvalue weighted by molar-refractivity contribution is 5.94. The second-order valence-electron chi connectivity index (χ2n) is 4.86. The van der Waals surface area contributed by atoms with Crippen LogP contribution >= 0.6 is 0 Å². The Morgan fingerprint density at radius 1 is 1.14 bits per heavy atom. The van der Waals surface area contributed by atoms with Crippen molar-refractivity contribution in [2.24, 2.45) is 5.73 Å². The van der Waals surface area contributed by atoms with Crippen LogP contribution in [-0.2, 0) is 6.42 Å². The molecule has 4 nitrogen and oxygen atoms in total. The van der Waals surface area contributed by atoms with E-state index in [0.29, 0.717) is 12.1 Å². The van der Waals surface area contributed by atoms with Gasteiger partial charge in [0.1, 0.15) is 0 Å². The predicted octanol–water partition coefficient (Wildman–Crippen LogP) is 1.65. The molecule has 2 aromatic rings. The molecule has 110 valence electrons. The monoisotopic (exact) mass is 284 g/mol. The Balaban J connectivity index is 2.11. The summed E-state index contributed by atoms with van der Waals surface area (Å²) >= 11 is 0. The molecule has 0 radical (unpaired) electrons. The van der Waals surface area contributed by atoms with Gasteiger partial charge in [-0.3, -0.25) is 4.79 Å². The van der Waals surface area contributed by atoms with Gasteiger partial charge in [-0.25, -0.2) is 0 Å². The van der Waals surface area contributed by atoms with E-state index in [9.17, 15) is 9.90 Å². The standard InChI is InChI=1S/C17H20N2O2/c18-10-9-13-5-4-8-15(11-13)17(21)19-16(12-20)14-6-2-1-3-7-14/h1-8,11,16,20H,9-10,12,18H2,(H,19,21)/t16-/m1/s1. The van der Waals surface area contributed by atoms with Crippen LogP contribution in [0.25, 0.3) is 0 Å². The maximum Gasteiger partial charge on any atom is 0.251 e. The second kappa shape index (κ2) is 7.57. The van der Waals surface area contributed by atoms with Crippen molar-refractivity contribution in [1.29, 1.82) is 0 Å². The number of carbonyl (C=O) groups excluding carboxylic acids is 1. The van der Waals surface area contributed by atoms with Crippen LogP contribution in [0.3, 0.4) is 0 Å². The number of nitrogens with one attached hydrogen (secondary N) is 1. The number of aliphatic hydroxyl groups excluding tert-OH is 1. The lowest BCUT2D eigenvalue weighted by molar-refractivity contribution is 0.0916. The molecule has 0 aliphatic heterocycles. The average Bonchev–Trinajstić information content (AvgIpc) is 2.54. The number of rotatable bonds is 6. The molecule has 0 aromatic heterocycles. The van der Waals surface area contributed by atoms with E-state index < -0.39 is 6.04 Å². The Bertz CT molecular complexity index is 584. The van der Waals surface area contributed by atoms with E-state index in [0.717, 1.165) is 17.5 Å². The Morgan fingerprint density at radius 2 is 1.90 bits per heavy atom. The molecule has 0 fully saturated rings. The van der Waals surface area contributed by atoms with Crippen molar-refractivity contribution in [3.8, 4) is 0 Å². The van der Waals surface area contributed by atoms with E-state index >= 15 is 0 Å². The number of benzene rings is 2. The molecule has 4 heteroatoms. The van der Waals surface area contributed by atoms with Crippen LogP contribution in [0, 0.1) is 0 Å². The fourth-order valence-corrected chi connectivity index (χ4v) is 2.20. The molecule has 4 N–H and O–H groups in total. The molecule has 2 rings (SSSR count). The molecular formula is C17H20N2O2. The van der Waals surface area contributed by atoms with Crippen LogP contribution in [0.4, 0.5) is 0 Å². The van der Waals surface area contributed by atoms with Gasteiger partial charge in [-0.05, 0) is 36.2 Å². The smallest absolute Gasteiger partial charge is 0.251 e. The van der Waals surface area contributed by atoms with Gasteiger partial charge in [0.15, 0.2) is 0 Å². The number of aliphatic hydroxyl groups is 1. The maximum atomic E-state index is 12.3. The van der Waals surface area contributed by atoms with E-state index in [1.54, 1.807) is 6.07 Å². The molecule has 0 saturated carbocycles. The highest BCUT2D eigenvalue weighted by atomic mass is 16.3. The van der Waals surface area contributed by atoms with Gasteiger partial charge in [0.05, 0.1) is 12.6 Å². The van der Waals surface area contributed by atoms with E-state index in [2.05, 4.69) is 5.32 Å². The van der Waals surface area contributed by atoms with E-state index in [1.807, 2.05) is 48.5 Å². The van der Waals surface area contributed by atoms with E-state index in [1.165, 1.54) is 0 Å². The van der Waals surface area contributed by atoms with Crippen LogP contribution in [-0.4, -0.2) is 24.2 Å². The van der Waals surface area contributed by atoms with Crippen molar-refractivity contribution in [2.75, 3.05) is 13.2 Å². The fourth-order valence-electron chi connectivity index (χ4n) is 2.20. The summed E-state index contributed by atoms with van der Waals surface area (Å²) < 4.78 is 0. The number of nitrogens with two attached hydrogens (primary N) is 1. The van der Waals surface area contributed by atoms with E-state index in [4.69, 9.17) is 5.73 Å². The zero-order chi connectivity index (χ0) is 15.1. The molecule has 1 atom stereocenters. The van der Waals surface area contributed by atoms with Crippen molar-refractivity contribution in [3.63, 3.8) is 0 Å². The summed E-state index contributed by atoms with van der Waals surface area (Å²) in [6.45, 7) is 0.409. The van der Waals surface area contributed by atoms with Crippen molar-refractivity contribution in [2.45, 2.75) is 12.5 Å².